The van der Waals surface area contributed by atoms with Crippen LogP contribution in [0.25, 0.3) is 0 Å². The van der Waals surface area contributed by atoms with E-state index in [1.165, 1.54) is 25.9 Å². The Morgan fingerprint density at radius 3 is 2.89 bits per heavy atom. The molecular weight excluding hydrogens is 238 g/mol. The zero-order valence-corrected chi connectivity index (χ0v) is 11.4. The Morgan fingerprint density at radius 2 is 2.26 bits per heavy atom. The highest BCUT2D eigenvalue weighted by molar-refractivity contribution is 5.62. The van der Waals surface area contributed by atoms with E-state index in [9.17, 15) is 0 Å². The molecule has 3 N–H and O–H groups in total. The van der Waals surface area contributed by atoms with Gasteiger partial charge in [-0.25, -0.2) is 4.98 Å². The lowest BCUT2D eigenvalue weighted by Crippen LogP contribution is -2.29. The Bertz CT molecular complexity index is 459. The topological polar surface area (TPSA) is 78.0 Å². The van der Waals surface area contributed by atoms with Crippen molar-refractivity contribution >= 4 is 11.5 Å². The summed E-state index contributed by atoms with van der Waals surface area (Å²) in [7, 11) is 0. The number of nitrogens with one attached hydrogen (secondary N) is 1. The van der Waals surface area contributed by atoms with E-state index in [0.29, 0.717) is 23.0 Å². The summed E-state index contributed by atoms with van der Waals surface area (Å²) in [5.41, 5.74) is 6.89. The maximum atomic E-state index is 8.76. The van der Waals surface area contributed by atoms with Crippen molar-refractivity contribution in [2.45, 2.75) is 19.8 Å². The molecule has 1 aliphatic heterocycles. The lowest BCUT2D eigenvalue weighted by atomic mass is 10.1. The Balaban J connectivity index is 1.82. The van der Waals surface area contributed by atoms with Crippen LogP contribution >= 0.6 is 0 Å². The fraction of sp³-hybridized carbons (Fsp3) is 0.571. The fourth-order valence-corrected chi connectivity index (χ4v) is 2.43. The summed E-state index contributed by atoms with van der Waals surface area (Å²) in [6, 6.07) is 3.68. The number of likely N-dealkylation sites (tertiary alicyclic amines) is 1. The van der Waals surface area contributed by atoms with Crippen molar-refractivity contribution in [1.82, 2.24) is 9.88 Å². The van der Waals surface area contributed by atoms with Crippen LogP contribution in [0.4, 0.5) is 11.5 Å². The van der Waals surface area contributed by atoms with E-state index in [1.54, 1.807) is 12.3 Å². The average Bonchev–Trinajstić information content (AvgIpc) is 2.90. The molecule has 1 aromatic heterocycles. The highest BCUT2D eigenvalue weighted by Crippen LogP contribution is 2.17. The summed E-state index contributed by atoms with van der Waals surface area (Å²) < 4.78 is 0. The van der Waals surface area contributed by atoms with Crippen LogP contribution in [0.2, 0.25) is 0 Å². The molecule has 1 saturated heterocycles. The second kappa shape index (κ2) is 6.39. The van der Waals surface area contributed by atoms with Crippen LogP contribution in [0.1, 0.15) is 25.3 Å². The molecule has 1 aromatic rings. The molecule has 0 saturated carbocycles. The van der Waals surface area contributed by atoms with Crippen molar-refractivity contribution in [2.75, 3.05) is 37.2 Å². The molecule has 0 spiro atoms. The molecule has 1 fully saturated rings. The predicted octanol–water partition coefficient (Wildman–Crippen LogP) is 1.68. The summed E-state index contributed by atoms with van der Waals surface area (Å²) >= 11 is 0. The van der Waals surface area contributed by atoms with Gasteiger partial charge in [0.1, 0.15) is 11.9 Å². The van der Waals surface area contributed by atoms with Crippen LogP contribution in [0.3, 0.4) is 0 Å². The Kier molecular flexibility index (Phi) is 4.58. The van der Waals surface area contributed by atoms with Crippen LogP contribution in [0, 0.1) is 17.2 Å². The first-order valence-corrected chi connectivity index (χ1v) is 6.81. The molecule has 1 atom stereocenters. The third-order valence-corrected chi connectivity index (χ3v) is 3.43. The molecular formula is C14H21N5. The smallest absolute Gasteiger partial charge is 0.149 e. The second-order valence-electron chi connectivity index (χ2n) is 5.27. The van der Waals surface area contributed by atoms with E-state index in [2.05, 4.69) is 22.1 Å². The number of nitrogen functional groups attached to an aromatic ring is 1. The lowest BCUT2D eigenvalue weighted by Gasteiger charge is -2.20. The van der Waals surface area contributed by atoms with Crippen LogP contribution < -0.4 is 11.1 Å². The summed E-state index contributed by atoms with van der Waals surface area (Å²) in [5, 5.41) is 12.0. The van der Waals surface area contributed by atoms with Crippen molar-refractivity contribution < 1.29 is 0 Å². The molecule has 2 rings (SSSR count). The minimum absolute atomic E-state index is 0.494. The van der Waals surface area contributed by atoms with Gasteiger partial charge in [-0.05, 0) is 37.9 Å². The van der Waals surface area contributed by atoms with Crippen molar-refractivity contribution in [1.29, 1.82) is 5.26 Å². The summed E-state index contributed by atoms with van der Waals surface area (Å²) in [6.07, 6.45) is 4.19. The van der Waals surface area contributed by atoms with Gasteiger partial charge in [-0.1, -0.05) is 6.92 Å². The molecule has 0 aromatic carbocycles. The summed E-state index contributed by atoms with van der Waals surface area (Å²) in [6.45, 7) is 6.64. The van der Waals surface area contributed by atoms with Crippen LogP contribution in [-0.4, -0.2) is 36.1 Å². The Morgan fingerprint density at radius 1 is 1.53 bits per heavy atom. The van der Waals surface area contributed by atoms with Gasteiger partial charge in [0.25, 0.3) is 0 Å². The van der Waals surface area contributed by atoms with Gasteiger partial charge in [0.2, 0.25) is 0 Å². The van der Waals surface area contributed by atoms with E-state index >= 15 is 0 Å². The van der Waals surface area contributed by atoms with Gasteiger partial charge >= 0.3 is 0 Å². The number of hydrogen-bond donors (Lipinski definition) is 2. The molecule has 0 radical (unpaired) electrons. The van der Waals surface area contributed by atoms with Crippen molar-refractivity contribution in [3.8, 4) is 6.07 Å². The second-order valence-corrected chi connectivity index (χ2v) is 5.27. The molecule has 5 heteroatoms. The summed E-state index contributed by atoms with van der Waals surface area (Å²) in [4.78, 5) is 6.68. The molecule has 0 aliphatic carbocycles. The van der Waals surface area contributed by atoms with Gasteiger partial charge in [0.15, 0.2) is 0 Å². The molecule has 5 nitrogen and oxygen atoms in total. The molecule has 0 bridgehead atoms. The van der Waals surface area contributed by atoms with E-state index in [4.69, 9.17) is 11.0 Å². The Hall–Kier alpha value is -1.80. The number of nitrogens with zero attached hydrogens (tertiary/aromatic N) is 3. The SMILES string of the molecule is CC(CNc1ncc(C#N)cc1N)CN1CCCC1. The van der Waals surface area contributed by atoms with E-state index in [0.717, 1.165) is 13.1 Å². The van der Waals surface area contributed by atoms with Crippen molar-refractivity contribution in [3.63, 3.8) is 0 Å². The first kappa shape index (κ1) is 13.6. The van der Waals surface area contributed by atoms with Gasteiger partial charge < -0.3 is 16.0 Å². The molecule has 2 heterocycles. The summed E-state index contributed by atoms with van der Waals surface area (Å²) in [5.74, 6) is 1.22. The number of aromatic nitrogens is 1. The minimum atomic E-state index is 0.494. The number of pyridine rings is 1. The van der Waals surface area contributed by atoms with Gasteiger partial charge in [0, 0.05) is 19.3 Å². The highest BCUT2D eigenvalue weighted by atomic mass is 15.1. The maximum Gasteiger partial charge on any atom is 0.149 e. The molecule has 102 valence electrons. The van der Waals surface area contributed by atoms with Crippen LogP contribution in [0.5, 0.6) is 0 Å². The monoisotopic (exact) mass is 259 g/mol. The van der Waals surface area contributed by atoms with Gasteiger partial charge in [-0.2, -0.15) is 5.26 Å². The quantitative estimate of drug-likeness (QED) is 0.841. The van der Waals surface area contributed by atoms with Crippen LogP contribution in [-0.2, 0) is 0 Å². The molecule has 1 unspecified atom stereocenters. The standard InChI is InChI=1S/C14H21N5/c1-11(10-19-4-2-3-5-19)8-17-14-13(16)6-12(7-15)9-18-14/h6,9,11H,2-5,8,10,16H2,1H3,(H,17,18). The molecule has 0 amide bonds. The van der Waals surface area contributed by atoms with Crippen molar-refractivity contribution in [2.24, 2.45) is 5.92 Å². The van der Waals surface area contributed by atoms with Gasteiger partial charge in [0.05, 0.1) is 11.3 Å². The average molecular weight is 259 g/mol. The minimum Gasteiger partial charge on any atom is -0.396 e. The van der Waals surface area contributed by atoms with E-state index < -0.39 is 0 Å². The number of rotatable bonds is 5. The zero-order valence-electron chi connectivity index (χ0n) is 11.4. The molecule has 1 aliphatic rings. The fourth-order valence-electron chi connectivity index (χ4n) is 2.43. The largest absolute Gasteiger partial charge is 0.396 e. The predicted molar refractivity (Wildman–Crippen MR) is 76.7 cm³/mol. The maximum absolute atomic E-state index is 8.76. The first-order valence-electron chi connectivity index (χ1n) is 6.81. The number of hydrogen-bond acceptors (Lipinski definition) is 5. The van der Waals surface area contributed by atoms with Gasteiger partial charge in [-0.3, -0.25) is 0 Å². The third kappa shape index (κ3) is 3.83. The van der Waals surface area contributed by atoms with Crippen LogP contribution in [0.15, 0.2) is 12.3 Å². The normalized spacial score (nSPS) is 17.1. The zero-order chi connectivity index (χ0) is 13.7. The lowest BCUT2D eigenvalue weighted by molar-refractivity contribution is 0.294. The number of anilines is 2. The first-order chi connectivity index (χ1) is 9.19. The third-order valence-electron chi connectivity index (χ3n) is 3.43. The number of nitrogens with two attached hydrogens (primary N) is 1. The van der Waals surface area contributed by atoms with E-state index in [1.807, 2.05) is 6.07 Å². The Labute approximate surface area is 114 Å². The van der Waals surface area contributed by atoms with E-state index in [-0.39, 0.29) is 0 Å². The molecule has 19 heavy (non-hydrogen) atoms. The van der Waals surface area contributed by atoms with Crippen molar-refractivity contribution in [3.05, 3.63) is 17.8 Å². The van der Waals surface area contributed by atoms with Gasteiger partial charge in [-0.15, -0.1) is 0 Å². The highest BCUT2D eigenvalue weighted by Gasteiger charge is 2.14. The number of nitriles is 1.